The molecule has 35 heavy (non-hydrogen) atoms. The van der Waals surface area contributed by atoms with Gasteiger partial charge in [-0.05, 0) is 75.7 Å². The molecular weight excluding hydrogens is 494 g/mol. The lowest BCUT2D eigenvalue weighted by molar-refractivity contribution is -0.120. The van der Waals surface area contributed by atoms with Crippen molar-refractivity contribution in [3.05, 3.63) is 129 Å². The molecule has 0 fully saturated rings. The number of allylic oxidation sites excluding steroid dienone is 4. The molecule has 0 amide bonds. The van der Waals surface area contributed by atoms with E-state index >= 15 is 0 Å². The van der Waals surface area contributed by atoms with E-state index in [0.717, 1.165) is 29.3 Å². The minimum absolute atomic E-state index is 0.00308. The highest BCUT2D eigenvalue weighted by molar-refractivity contribution is 9.10. The van der Waals surface area contributed by atoms with E-state index in [4.69, 9.17) is 0 Å². The van der Waals surface area contributed by atoms with Gasteiger partial charge in [0.05, 0.1) is 0 Å². The van der Waals surface area contributed by atoms with Crippen LogP contribution in [0.4, 0.5) is 0 Å². The SMILES string of the molecule is C1=CC=CNC=C1.O=C(Cc1ccccc1Br)C1C=c2c(ccc3c2=CCc2ccccc2-3)CC1. The molecule has 0 radical (unpaired) electrons. The molecule has 1 aliphatic heterocycles. The molecule has 0 saturated carbocycles. The second-order valence-electron chi connectivity index (χ2n) is 8.98. The molecule has 0 aromatic heterocycles. The first kappa shape index (κ1) is 23.3. The van der Waals surface area contributed by atoms with E-state index in [9.17, 15) is 4.79 Å². The van der Waals surface area contributed by atoms with Gasteiger partial charge in [0.1, 0.15) is 5.78 Å². The second kappa shape index (κ2) is 10.9. The summed E-state index contributed by atoms with van der Waals surface area (Å²) in [7, 11) is 0. The molecule has 3 aromatic rings. The van der Waals surface area contributed by atoms with E-state index in [1.54, 1.807) is 0 Å². The fourth-order valence-corrected chi connectivity index (χ4v) is 5.37. The van der Waals surface area contributed by atoms with Crippen LogP contribution in [0, 0.1) is 5.92 Å². The van der Waals surface area contributed by atoms with Crippen molar-refractivity contribution in [3.63, 3.8) is 0 Å². The molecule has 174 valence electrons. The Bertz CT molecular complexity index is 1450. The number of hydrogen-bond donors (Lipinski definition) is 1. The quantitative estimate of drug-likeness (QED) is 0.473. The third-order valence-corrected chi connectivity index (χ3v) is 7.53. The number of benzene rings is 3. The van der Waals surface area contributed by atoms with Crippen LogP contribution in [0.3, 0.4) is 0 Å². The predicted octanol–water partition coefficient (Wildman–Crippen LogP) is 5.78. The maximum atomic E-state index is 13.0. The van der Waals surface area contributed by atoms with Crippen molar-refractivity contribution in [2.75, 3.05) is 0 Å². The average molecular weight is 522 g/mol. The number of hydrogen-bond acceptors (Lipinski definition) is 2. The van der Waals surface area contributed by atoms with Crippen LogP contribution in [0.25, 0.3) is 23.3 Å². The highest BCUT2D eigenvalue weighted by Gasteiger charge is 2.22. The van der Waals surface area contributed by atoms with Crippen LogP contribution in [-0.4, -0.2) is 5.78 Å². The number of carbonyl (C=O) groups is 1. The molecule has 1 N–H and O–H groups in total. The fourth-order valence-electron chi connectivity index (χ4n) is 4.94. The molecule has 0 spiro atoms. The Kier molecular flexibility index (Phi) is 7.25. The van der Waals surface area contributed by atoms with Crippen LogP contribution >= 0.6 is 15.9 Å². The standard InChI is InChI=1S/C26H21BrO.C6H7N/c27-25-8-4-2-6-19(25)16-26(28)20-10-9-18-12-13-22-21-7-3-1-5-17(21)11-14-23(22)24(18)15-20;1-2-4-6-7-5-3-1/h1-8,12-15,20H,9-11,16H2;1-7H. The van der Waals surface area contributed by atoms with Gasteiger partial charge in [0.2, 0.25) is 0 Å². The minimum atomic E-state index is -0.00308. The first-order valence-electron chi connectivity index (χ1n) is 12.1. The van der Waals surface area contributed by atoms with E-state index in [-0.39, 0.29) is 5.92 Å². The van der Waals surface area contributed by atoms with Crippen molar-refractivity contribution >= 4 is 33.9 Å². The van der Waals surface area contributed by atoms with Gasteiger partial charge in [0, 0.05) is 29.2 Å². The summed E-state index contributed by atoms with van der Waals surface area (Å²) in [5.74, 6) is 0.308. The lowest BCUT2D eigenvalue weighted by atomic mass is 9.82. The third kappa shape index (κ3) is 5.31. The summed E-state index contributed by atoms with van der Waals surface area (Å²) in [6.07, 6.45) is 19.5. The van der Waals surface area contributed by atoms with Crippen molar-refractivity contribution in [1.29, 1.82) is 0 Å². The molecule has 0 bridgehead atoms. The molecule has 3 aliphatic rings. The lowest BCUT2D eigenvalue weighted by Crippen LogP contribution is -2.37. The molecule has 1 atom stereocenters. The van der Waals surface area contributed by atoms with Gasteiger partial charge in [-0.25, -0.2) is 0 Å². The van der Waals surface area contributed by atoms with E-state index in [1.807, 2.05) is 61.0 Å². The highest BCUT2D eigenvalue weighted by Crippen LogP contribution is 2.26. The fraction of sp³-hybridized carbons (Fsp3) is 0.156. The molecular formula is C32H28BrNO. The minimum Gasteiger partial charge on any atom is -0.368 e. The van der Waals surface area contributed by atoms with Crippen LogP contribution in [0.1, 0.15) is 23.1 Å². The Balaban J connectivity index is 0.000000313. The maximum absolute atomic E-state index is 13.0. The van der Waals surface area contributed by atoms with Crippen molar-refractivity contribution in [1.82, 2.24) is 5.32 Å². The van der Waals surface area contributed by atoms with Gasteiger partial charge < -0.3 is 5.32 Å². The summed E-state index contributed by atoms with van der Waals surface area (Å²) in [4.78, 5) is 13.0. The zero-order chi connectivity index (χ0) is 24.0. The van der Waals surface area contributed by atoms with Crippen LogP contribution in [0.5, 0.6) is 0 Å². The molecule has 0 saturated heterocycles. The van der Waals surface area contributed by atoms with Crippen LogP contribution in [0.2, 0.25) is 0 Å². The maximum Gasteiger partial charge on any atom is 0.144 e. The van der Waals surface area contributed by atoms with Crippen molar-refractivity contribution < 1.29 is 4.79 Å². The number of carbonyl (C=O) groups excluding carboxylic acids is 1. The number of Topliss-reactive ketones (excluding diaryl/α,β-unsaturated/α-hetero) is 1. The van der Waals surface area contributed by atoms with Crippen LogP contribution in [0.15, 0.2) is 102 Å². The highest BCUT2D eigenvalue weighted by atomic mass is 79.9. The molecule has 3 heteroatoms. The smallest absolute Gasteiger partial charge is 0.144 e. The van der Waals surface area contributed by atoms with Crippen molar-refractivity contribution in [3.8, 4) is 11.1 Å². The number of halogens is 1. The van der Waals surface area contributed by atoms with Gasteiger partial charge >= 0.3 is 0 Å². The summed E-state index contributed by atoms with van der Waals surface area (Å²) >= 11 is 3.57. The van der Waals surface area contributed by atoms with Crippen molar-refractivity contribution in [2.24, 2.45) is 5.92 Å². The summed E-state index contributed by atoms with van der Waals surface area (Å²) in [5.41, 5.74) is 6.46. The molecule has 3 aromatic carbocycles. The molecule has 1 heterocycles. The number of fused-ring (bicyclic) bond motifs is 5. The molecule has 2 aliphatic carbocycles. The van der Waals surface area contributed by atoms with Gasteiger partial charge in [0.25, 0.3) is 0 Å². The van der Waals surface area contributed by atoms with E-state index in [2.05, 4.69) is 69.8 Å². The lowest BCUT2D eigenvalue weighted by Gasteiger charge is -2.21. The van der Waals surface area contributed by atoms with Crippen molar-refractivity contribution in [2.45, 2.75) is 25.7 Å². The normalized spacial score (nSPS) is 16.7. The first-order chi connectivity index (χ1) is 17.2. The Hall–Kier alpha value is -3.43. The third-order valence-electron chi connectivity index (χ3n) is 6.76. The van der Waals surface area contributed by atoms with Gasteiger partial charge in [-0.1, -0.05) is 94.8 Å². The first-order valence-corrected chi connectivity index (χ1v) is 12.9. The summed E-state index contributed by atoms with van der Waals surface area (Å²) in [6, 6.07) is 21.2. The molecule has 2 nitrogen and oxygen atoms in total. The number of rotatable bonds is 3. The second-order valence-corrected chi connectivity index (χ2v) is 9.84. The largest absolute Gasteiger partial charge is 0.368 e. The van der Waals surface area contributed by atoms with Crippen LogP contribution in [-0.2, 0) is 24.1 Å². The Labute approximate surface area is 215 Å². The average Bonchev–Trinajstić information content (AvgIpc) is 3.23. The number of nitrogens with one attached hydrogen (secondary N) is 1. The summed E-state index contributed by atoms with van der Waals surface area (Å²) in [6.45, 7) is 0. The van der Waals surface area contributed by atoms with E-state index in [0.29, 0.717) is 12.2 Å². The van der Waals surface area contributed by atoms with Gasteiger partial charge in [-0.15, -0.1) is 0 Å². The van der Waals surface area contributed by atoms with Gasteiger partial charge in [0.15, 0.2) is 0 Å². The Morgan fingerprint density at radius 3 is 2.43 bits per heavy atom. The van der Waals surface area contributed by atoms with Crippen LogP contribution < -0.4 is 15.8 Å². The van der Waals surface area contributed by atoms with Gasteiger partial charge in [-0.2, -0.15) is 0 Å². The molecule has 1 unspecified atom stereocenters. The summed E-state index contributed by atoms with van der Waals surface area (Å²) < 4.78 is 1.02. The molecule has 6 rings (SSSR count). The topological polar surface area (TPSA) is 29.1 Å². The van der Waals surface area contributed by atoms with E-state index < -0.39 is 0 Å². The Morgan fingerprint density at radius 2 is 1.60 bits per heavy atom. The zero-order valence-corrected chi connectivity index (χ0v) is 21.2. The zero-order valence-electron chi connectivity index (χ0n) is 19.6. The number of aryl methyl sites for hydroxylation is 1. The number of ketones is 1. The predicted molar refractivity (Wildman–Crippen MR) is 149 cm³/mol. The monoisotopic (exact) mass is 521 g/mol. The van der Waals surface area contributed by atoms with E-state index in [1.165, 1.54) is 32.7 Å². The Morgan fingerprint density at radius 1 is 0.829 bits per heavy atom. The van der Waals surface area contributed by atoms with Gasteiger partial charge in [-0.3, -0.25) is 4.79 Å². The summed E-state index contributed by atoms with van der Waals surface area (Å²) in [5, 5.41) is 5.52.